The third-order valence-corrected chi connectivity index (χ3v) is 5.85. The lowest BCUT2D eigenvalue weighted by molar-refractivity contribution is 0.102. The fourth-order valence-electron chi connectivity index (χ4n) is 4.03. The maximum absolute atomic E-state index is 13.1. The first kappa shape index (κ1) is 20.7. The van der Waals surface area contributed by atoms with Gasteiger partial charge in [-0.1, -0.05) is 60.2 Å². The molecular formula is C27H24N4O2. The molecule has 0 radical (unpaired) electrons. The molecule has 1 N–H and O–H groups in total. The summed E-state index contributed by atoms with van der Waals surface area (Å²) in [4.78, 5) is 18.0. The third-order valence-electron chi connectivity index (χ3n) is 5.85. The lowest BCUT2D eigenvalue weighted by Gasteiger charge is -2.25. The van der Waals surface area contributed by atoms with Gasteiger partial charge in [-0.15, -0.1) is 0 Å². The molecule has 1 aromatic heterocycles. The zero-order chi connectivity index (χ0) is 22.8. The number of rotatable bonds is 5. The Morgan fingerprint density at radius 1 is 1.00 bits per heavy atom. The van der Waals surface area contributed by atoms with Gasteiger partial charge in [0, 0.05) is 12.1 Å². The Bertz CT molecular complexity index is 1310. The molecule has 0 saturated carbocycles. The maximum Gasteiger partial charge on any atom is 0.261 e. The van der Waals surface area contributed by atoms with Crippen LogP contribution in [-0.2, 0) is 0 Å². The number of aliphatic imine (C=N–C) groups is 1. The van der Waals surface area contributed by atoms with Crippen LogP contribution < -0.4 is 10.1 Å². The van der Waals surface area contributed by atoms with E-state index in [0.29, 0.717) is 17.8 Å². The van der Waals surface area contributed by atoms with E-state index >= 15 is 0 Å². The molecule has 4 aromatic rings. The largest absolute Gasteiger partial charge is 0.497 e. The molecule has 1 unspecified atom stereocenters. The van der Waals surface area contributed by atoms with Crippen molar-refractivity contribution in [2.75, 3.05) is 12.4 Å². The second kappa shape index (κ2) is 8.74. The van der Waals surface area contributed by atoms with E-state index in [-0.39, 0.29) is 11.9 Å². The fourth-order valence-corrected chi connectivity index (χ4v) is 4.03. The quantitative estimate of drug-likeness (QED) is 0.445. The number of aromatic nitrogens is 2. The molecular weight excluding hydrogens is 412 g/mol. The normalized spacial score (nSPS) is 14.8. The molecule has 1 atom stereocenters. The van der Waals surface area contributed by atoms with Crippen molar-refractivity contribution in [2.24, 2.45) is 4.99 Å². The van der Waals surface area contributed by atoms with Crippen molar-refractivity contribution in [2.45, 2.75) is 19.4 Å². The predicted molar refractivity (Wildman–Crippen MR) is 130 cm³/mol. The molecule has 0 saturated heterocycles. The first-order chi connectivity index (χ1) is 16.1. The second-order valence-electron chi connectivity index (χ2n) is 8.06. The van der Waals surface area contributed by atoms with Crippen LogP contribution in [0.4, 0.5) is 11.5 Å². The van der Waals surface area contributed by atoms with Gasteiger partial charge in [-0.25, -0.2) is 9.67 Å². The molecule has 0 aliphatic carbocycles. The molecule has 6 nitrogen and oxygen atoms in total. The highest BCUT2D eigenvalue weighted by Crippen LogP contribution is 2.36. The summed E-state index contributed by atoms with van der Waals surface area (Å²) < 4.78 is 7.17. The number of nitrogens with one attached hydrogen (secondary N) is 1. The van der Waals surface area contributed by atoms with Crippen LogP contribution in [0.3, 0.4) is 0 Å². The monoisotopic (exact) mass is 436 g/mol. The number of aryl methyl sites for hydroxylation is 1. The average Bonchev–Trinajstić information content (AvgIpc) is 3.29. The molecule has 0 bridgehead atoms. The van der Waals surface area contributed by atoms with Gasteiger partial charge >= 0.3 is 0 Å². The standard InChI is InChI=1S/C27H24N4O2/c1-18-8-10-19(11-9-18)24-16-25(20-12-14-22(33-2)15-13-20)31-26(30-24)23(17-28-31)27(32)29-21-6-4-3-5-7-21/h3-15,17,25H,16H2,1-2H3,(H,29,32). The van der Waals surface area contributed by atoms with Crippen molar-refractivity contribution >= 4 is 23.1 Å². The van der Waals surface area contributed by atoms with E-state index in [1.54, 1.807) is 13.3 Å². The highest BCUT2D eigenvalue weighted by Gasteiger charge is 2.29. The van der Waals surface area contributed by atoms with Crippen LogP contribution >= 0.6 is 0 Å². The van der Waals surface area contributed by atoms with Crippen LogP contribution in [0.15, 0.2) is 90.1 Å². The molecule has 1 aliphatic heterocycles. The van der Waals surface area contributed by atoms with Crippen molar-refractivity contribution in [3.63, 3.8) is 0 Å². The summed E-state index contributed by atoms with van der Waals surface area (Å²) in [5.74, 6) is 1.13. The molecule has 5 rings (SSSR count). The number of carbonyl (C=O) groups is 1. The summed E-state index contributed by atoms with van der Waals surface area (Å²) in [6, 6.07) is 25.6. The minimum atomic E-state index is -0.232. The van der Waals surface area contributed by atoms with Gasteiger partial charge in [-0.2, -0.15) is 5.10 Å². The maximum atomic E-state index is 13.1. The molecule has 3 aromatic carbocycles. The van der Waals surface area contributed by atoms with E-state index in [2.05, 4.69) is 41.6 Å². The molecule has 2 heterocycles. The van der Waals surface area contributed by atoms with E-state index in [9.17, 15) is 4.79 Å². The van der Waals surface area contributed by atoms with Crippen LogP contribution in [0.1, 0.15) is 39.5 Å². The van der Waals surface area contributed by atoms with Crippen molar-refractivity contribution in [3.8, 4) is 5.75 Å². The van der Waals surface area contributed by atoms with E-state index in [1.807, 2.05) is 59.3 Å². The summed E-state index contributed by atoms with van der Waals surface area (Å²) in [7, 11) is 1.65. The molecule has 33 heavy (non-hydrogen) atoms. The van der Waals surface area contributed by atoms with Crippen LogP contribution in [0, 0.1) is 6.92 Å². The van der Waals surface area contributed by atoms with Gasteiger partial charge in [0.25, 0.3) is 5.91 Å². The number of amides is 1. The van der Waals surface area contributed by atoms with E-state index in [1.165, 1.54) is 5.56 Å². The molecule has 1 amide bonds. The topological polar surface area (TPSA) is 68.5 Å². The third kappa shape index (κ3) is 4.15. The number of carbonyl (C=O) groups excluding carboxylic acids is 1. The fraction of sp³-hybridized carbons (Fsp3) is 0.148. The Labute approximate surface area is 192 Å². The predicted octanol–water partition coefficient (Wildman–Crippen LogP) is 5.57. The smallest absolute Gasteiger partial charge is 0.261 e. The summed E-state index contributed by atoms with van der Waals surface area (Å²) in [6.45, 7) is 2.06. The van der Waals surface area contributed by atoms with Crippen LogP contribution in [0.5, 0.6) is 5.75 Å². The van der Waals surface area contributed by atoms with Crippen LogP contribution in [0.25, 0.3) is 0 Å². The molecule has 6 heteroatoms. The summed E-state index contributed by atoms with van der Waals surface area (Å²) in [6.07, 6.45) is 2.27. The zero-order valence-electron chi connectivity index (χ0n) is 18.5. The van der Waals surface area contributed by atoms with Crippen molar-refractivity contribution < 1.29 is 9.53 Å². The molecule has 1 aliphatic rings. The van der Waals surface area contributed by atoms with E-state index in [0.717, 1.165) is 28.3 Å². The van der Waals surface area contributed by atoms with Gasteiger partial charge in [0.15, 0.2) is 5.82 Å². The van der Waals surface area contributed by atoms with Crippen molar-refractivity contribution in [1.82, 2.24) is 9.78 Å². The van der Waals surface area contributed by atoms with Crippen LogP contribution in [0.2, 0.25) is 0 Å². The SMILES string of the molecule is COc1ccc(C2CC(c3ccc(C)cc3)=Nc3c(C(=O)Nc4ccccc4)cnn32)cc1. The zero-order valence-corrected chi connectivity index (χ0v) is 18.5. The van der Waals surface area contributed by atoms with Crippen LogP contribution in [-0.4, -0.2) is 28.5 Å². The van der Waals surface area contributed by atoms with Crippen molar-refractivity contribution in [1.29, 1.82) is 0 Å². The number of benzene rings is 3. The summed E-state index contributed by atoms with van der Waals surface area (Å²) in [5.41, 5.74) is 5.41. The van der Waals surface area contributed by atoms with E-state index in [4.69, 9.17) is 9.73 Å². The van der Waals surface area contributed by atoms with Gasteiger partial charge in [-0.3, -0.25) is 4.79 Å². The number of para-hydroxylation sites is 1. The Kier molecular flexibility index (Phi) is 5.48. The number of hydrogen-bond donors (Lipinski definition) is 1. The minimum absolute atomic E-state index is 0.0852. The lowest BCUT2D eigenvalue weighted by atomic mass is 9.95. The van der Waals surface area contributed by atoms with E-state index < -0.39 is 0 Å². The van der Waals surface area contributed by atoms with Gasteiger partial charge in [0.2, 0.25) is 0 Å². The van der Waals surface area contributed by atoms with Gasteiger partial charge in [-0.05, 0) is 42.3 Å². The number of hydrogen-bond acceptors (Lipinski definition) is 4. The number of nitrogens with zero attached hydrogens (tertiary/aromatic N) is 3. The summed E-state index contributed by atoms with van der Waals surface area (Å²) >= 11 is 0. The minimum Gasteiger partial charge on any atom is -0.497 e. The Morgan fingerprint density at radius 2 is 1.73 bits per heavy atom. The number of anilines is 1. The Balaban J connectivity index is 1.57. The number of ether oxygens (including phenoxy) is 1. The van der Waals surface area contributed by atoms with Gasteiger partial charge in [0.1, 0.15) is 11.3 Å². The van der Waals surface area contributed by atoms with Gasteiger partial charge in [0.05, 0.1) is 25.1 Å². The Hall–Kier alpha value is -4.19. The van der Waals surface area contributed by atoms with Crippen molar-refractivity contribution in [3.05, 3.63) is 107 Å². The lowest BCUT2D eigenvalue weighted by Crippen LogP contribution is -2.22. The second-order valence-corrected chi connectivity index (χ2v) is 8.06. The average molecular weight is 437 g/mol. The Morgan fingerprint density at radius 3 is 2.42 bits per heavy atom. The summed E-state index contributed by atoms with van der Waals surface area (Å²) in [5, 5.41) is 7.53. The number of methoxy groups -OCH3 is 1. The molecule has 0 spiro atoms. The molecule has 164 valence electrons. The molecule has 0 fully saturated rings. The highest BCUT2D eigenvalue weighted by atomic mass is 16.5. The highest BCUT2D eigenvalue weighted by molar-refractivity contribution is 6.09. The first-order valence-electron chi connectivity index (χ1n) is 10.8. The van der Waals surface area contributed by atoms with Gasteiger partial charge < -0.3 is 10.1 Å². The number of fused-ring (bicyclic) bond motifs is 1. The first-order valence-corrected chi connectivity index (χ1v) is 10.8.